The highest BCUT2D eigenvalue weighted by molar-refractivity contribution is 7.23. The summed E-state index contributed by atoms with van der Waals surface area (Å²) in [4.78, 5) is 4.11. The van der Waals surface area contributed by atoms with Gasteiger partial charge in [-0.25, -0.2) is 0 Å². The highest BCUT2D eigenvalue weighted by Gasteiger charge is 2.19. The van der Waals surface area contributed by atoms with Crippen LogP contribution in [0.25, 0.3) is 31.3 Å². The fourth-order valence-corrected chi connectivity index (χ4v) is 7.27. The van der Waals surface area contributed by atoms with E-state index in [1.54, 1.807) is 0 Å². The topological polar surface area (TPSA) is 0 Å². The lowest BCUT2D eigenvalue weighted by Gasteiger charge is -2.06. The first-order valence-corrected chi connectivity index (χ1v) is 15.4. The Balaban J connectivity index is 1.13. The van der Waals surface area contributed by atoms with E-state index in [0.717, 1.165) is 6.42 Å². The molecule has 2 heterocycles. The molecule has 0 unspecified atom stereocenters. The molecule has 0 saturated heterocycles. The van der Waals surface area contributed by atoms with Crippen molar-refractivity contribution in [1.82, 2.24) is 0 Å². The van der Waals surface area contributed by atoms with Crippen LogP contribution < -0.4 is 0 Å². The molecule has 2 heteroatoms. The Kier molecular flexibility index (Phi) is 8.54. The first-order chi connectivity index (χ1) is 17.3. The van der Waals surface area contributed by atoms with Crippen LogP contribution in [0.4, 0.5) is 0 Å². The minimum atomic E-state index is 1.08. The second kappa shape index (κ2) is 12.2. The predicted molar refractivity (Wildman–Crippen MR) is 157 cm³/mol. The van der Waals surface area contributed by atoms with Crippen molar-refractivity contribution in [2.45, 2.75) is 84.0 Å². The van der Waals surface area contributed by atoms with Crippen molar-refractivity contribution in [3.05, 3.63) is 82.7 Å². The SMILES string of the molecule is CCCCCCCCCCCCc1ccc2c(c1)Cc1cc(-c3ccc(-c4cccs4)s3)ccc1-2. The average molecular weight is 499 g/mol. The van der Waals surface area contributed by atoms with Gasteiger partial charge in [0.2, 0.25) is 0 Å². The number of unbranched alkanes of at least 4 members (excludes halogenated alkanes) is 9. The Bertz CT molecular complexity index is 1210. The molecule has 0 nitrogen and oxygen atoms in total. The van der Waals surface area contributed by atoms with E-state index >= 15 is 0 Å². The Morgan fingerprint density at radius 2 is 1.31 bits per heavy atom. The van der Waals surface area contributed by atoms with Gasteiger partial charge in [0.1, 0.15) is 0 Å². The third kappa shape index (κ3) is 6.16. The van der Waals surface area contributed by atoms with Gasteiger partial charge in [-0.15, -0.1) is 22.7 Å². The summed E-state index contributed by atoms with van der Waals surface area (Å²) in [6.07, 6.45) is 16.4. The second-order valence-electron chi connectivity index (χ2n) is 10.1. The van der Waals surface area contributed by atoms with Gasteiger partial charge in [0.05, 0.1) is 0 Å². The maximum Gasteiger partial charge on any atom is 0.0449 e. The zero-order valence-corrected chi connectivity index (χ0v) is 22.8. The molecule has 0 atom stereocenters. The lowest BCUT2D eigenvalue weighted by molar-refractivity contribution is 0.556. The number of thiophene rings is 2. The summed E-state index contributed by atoms with van der Waals surface area (Å²) >= 11 is 3.73. The molecule has 182 valence electrons. The van der Waals surface area contributed by atoms with Crippen LogP contribution in [0.5, 0.6) is 0 Å². The molecule has 0 saturated carbocycles. The zero-order chi connectivity index (χ0) is 23.9. The quantitative estimate of drug-likeness (QED) is 0.142. The number of hydrogen-bond donors (Lipinski definition) is 0. The maximum atomic E-state index is 2.49. The summed E-state index contributed by atoms with van der Waals surface area (Å²) in [6, 6.07) is 23.3. The van der Waals surface area contributed by atoms with Gasteiger partial charge in [-0.05, 0) is 82.3 Å². The Morgan fingerprint density at radius 1 is 0.629 bits per heavy atom. The van der Waals surface area contributed by atoms with Gasteiger partial charge in [-0.1, -0.05) is 101 Å². The van der Waals surface area contributed by atoms with Crippen molar-refractivity contribution >= 4 is 22.7 Å². The highest BCUT2D eigenvalue weighted by Crippen LogP contribution is 2.41. The molecular weight excluding hydrogens is 460 g/mol. The summed E-state index contributed by atoms with van der Waals surface area (Å²) in [6.45, 7) is 2.30. The van der Waals surface area contributed by atoms with Crippen LogP contribution in [0.15, 0.2) is 66.0 Å². The number of fused-ring (bicyclic) bond motifs is 3. The van der Waals surface area contributed by atoms with E-state index in [-0.39, 0.29) is 0 Å². The minimum Gasteiger partial charge on any atom is -0.143 e. The van der Waals surface area contributed by atoms with Crippen LogP contribution in [0.1, 0.15) is 87.8 Å². The third-order valence-corrected chi connectivity index (χ3v) is 9.62. The molecular formula is C33H38S2. The first-order valence-electron chi connectivity index (χ1n) is 13.7. The molecule has 0 amide bonds. The molecule has 0 spiro atoms. The molecule has 0 radical (unpaired) electrons. The maximum absolute atomic E-state index is 2.49. The third-order valence-electron chi connectivity index (χ3n) is 7.42. The van der Waals surface area contributed by atoms with Gasteiger partial charge < -0.3 is 0 Å². The second-order valence-corrected chi connectivity index (χ2v) is 12.1. The lowest BCUT2D eigenvalue weighted by atomic mass is 9.99. The summed E-state index contributed by atoms with van der Waals surface area (Å²) < 4.78 is 0. The van der Waals surface area contributed by atoms with Gasteiger partial charge in [0, 0.05) is 14.6 Å². The van der Waals surface area contributed by atoms with Crippen molar-refractivity contribution in [1.29, 1.82) is 0 Å². The highest BCUT2D eigenvalue weighted by atomic mass is 32.1. The monoisotopic (exact) mass is 498 g/mol. The normalized spacial score (nSPS) is 12.1. The van der Waals surface area contributed by atoms with E-state index in [4.69, 9.17) is 0 Å². The summed E-state index contributed by atoms with van der Waals surface area (Å²) in [5, 5.41) is 2.16. The van der Waals surface area contributed by atoms with E-state index < -0.39 is 0 Å². The smallest absolute Gasteiger partial charge is 0.0449 e. The largest absolute Gasteiger partial charge is 0.143 e. The average Bonchev–Trinajstić information content (AvgIpc) is 3.64. The fraction of sp³-hybridized carbons (Fsp3) is 0.394. The first kappa shape index (κ1) is 24.5. The Morgan fingerprint density at radius 3 is 2.06 bits per heavy atom. The van der Waals surface area contributed by atoms with Gasteiger partial charge in [0.25, 0.3) is 0 Å². The van der Waals surface area contributed by atoms with Gasteiger partial charge in [-0.3, -0.25) is 0 Å². The number of hydrogen-bond acceptors (Lipinski definition) is 2. The number of rotatable bonds is 13. The van der Waals surface area contributed by atoms with E-state index in [1.807, 2.05) is 22.7 Å². The molecule has 0 N–H and O–H groups in total. The van der Waals surface area contributed by atoms with Crippen LogP contribution >= 0.6 is 22.7 Å². The molecule has 2 aromatic heterocycles. The molecule has 2 aromatic carbocycles. The van der Waals surface area contributed by atoms with Gasteiger partial charge in [0.15, 0.2) is 0 Å². The molecule has 1 aliphatic carbocycles. The standard InChI is InChI=1S/C33H38S2/c1-2-3-4-5-6-7-8-9-10-11-13-25-15-17-29-27(22-25)24-28-23-26(16-18-30(28)29)31-19-20-33(35-31)32-14-12-21-34-32/h12,14-23H,2-11,13,24H2,1H3. The molecule has 4 aromatic rings. The van der Waals surface area contributed by atoms with Crippen molar-refractivity contribution < 1.29 is 0 Å². The Labute approximate surface area is 220 Å². The summed E-state index contributed by atoms with van der Waals surface area (Å²) in [5.41, 5.74) is 8.77. The molecule has 5 rings (SSSR count). The Hall–Kier alpha value is -2.16. The van der Waals surface area contributed by atoms with Crippen molar-refractivity contribution in [2.24, 2.45) is 0 Å². The van der Waals surface area contributed by atoms with E-state index in [9.17, 15) is 0 Å². The van der Waals surface area contributed by atoms with Crippen molar-refractivity contribution in [2.75, 3.05) is 0 Å². The van der Waals surface area contributed by atoms with E-state index in [0.29, 0.717) is 0 Å². The van der Waals surface area contributed by atoms with Crippen molar-refractivity contribution in [3.8, 4) is 31.3 Å². The van der Waals surface area contributed by atoms with Crippen LogP contribution in [-0.2, 0) is 12.8 Å². The molecule has 1 aliphatic rings. The summed E-state index contributed by atoms with van der Waals surface area (Å²) in [7, 11) is 0. The van der Waals surface area contributed by atoms with E-state index in [2.05, 4.69) is 73.0 Å². The molecule has 0 aliphatic heterocycles. The summed E-state index contributed by atoms with van der Waals surface area (Å²) in [5.74, 6) is 0. The number of benzene rings is 2. The molecule has 0 bridgehead atoms. The molecule has 0 fully saturated rings. The van der Waals surface area contributed by atoms with Crippen molar-refractivity contribution in [3.63, 3.8) is 0 Å². The van der Waals surface area contributed by atoms with Gasteiger partial charge >= 0.3 is 0 Å². The van der Waals surface area contributed by atoms with E-state index in [1.165, 1.54) is 119 Å². The lowest BCUT2D eigenvalue weighted by Crippen LogP contribution is -1.89. The predicted octanol–water partition coefficient (Wildman–Crippen LogP) is 11.2. The van der Waals surface area contributed by atoms with Crippen LogP contribution in [0.2, 0.25) is 0 Å². The van der Waals surface area contributed by atoms with Gasteiger partial charge in [-0.2, -0.15) is 0 Å². The van der Waals surface area contributed by atoms with Crippen LogP contribution in [0, 0.1) is 0 Å². The van der Waals surface area contributed by atoms with Crippen LogP contribution in [-0.4, -0.2) is 0 Å². The fourth-order valence-electron chi connectivity index (χ4n) is 5.43. The van der Waals surface area contributed by atoms with Crippen LogP contribution in [0.3, 0.4) is 0 Å². The zero-order valence-electron chi connectivity index (χ0n) is 21.2. The minimum absolute atomic E-state index is 1.08. The number of aryl methyl sites for hydroxylation is 1. The molecule has 35 heavy (non-hydrogen) atoms.